The van der Waals surface area contributed by atoms with Gasteiger partial charge in [0.05, 0.1) is 31.2 Å². The number of unbranched alkanes of at least 4 members (excludes halogenated alkanes) is 2. The SMILES string of the molecule is CCCC[C@H]1C(=O)N(C)[C@@H](CCCC)C(=O)N[C@@H](C)C(=O)N[C@H](C(=O)NCC(N)=O)CSCC(=O)N[C@@H](Cc2ccc(O)cc2)C(=O)N2CCC[C@H]2C(=O)N[C@@H](CC(=O)O)C(=O)N2CCC[C@H]2C(=O)N[C@@H](CN)C(=O)N[C@@H](CC(=O)O)C(=O)N2CCC[C@H]2C(=O)N[C@@H](Cc2c[nH]c3ccccc23)C(=O)C[C@@H](CCN)C(=O)N[C@@H](Cc2c[nH]c3ccccc23)C(=O)N1C. The first-order valence-corrected chi connectivity index (χ1v) is 44.1. The second kappa shape index (κ2) is 46.6. The van der Waals surface area contributed by atoms with E-state index in [-0.39, 0.29) is 109 Å². The lowest BCUT2D eigenvalue weighted by Gasteiger charge is -2.36. The zero-order chi connectivity index (χ0) is 92.5. The molecule has 14 atom stereocenters. The lowest BCUT2D eigenvalue weighted by Crippen LogP contribution is -2.61. The van der Waals surface area contributed by atoms with E-state index in [0.29, 0.717) is 64.2 Å². The minimum Gasteiger partial charge on any atom is -0.508 e. The van der Waals surface area contributed by atoms with E-state index in [2.05, 4.69) is 57.8 Å². The predicted octanol–water partition coefficient (Wildman–Crippen LogP) is -1.53. The number of nitrogens with one attached hydrogen (secondary N) is 11. The number of primary amides is 1. The maximum atomic E-state index is 15.7. The molecule has 9 rings (SSSR count). The van der Waals surface area contributed by atoms with Crippen molar-refractivity contribution in [2.75, 3.05) is 64.9 Å². The largest absolute Gasteiger partial charge is 0.508 e. The molecule has 4 fully saturated rings. The van der Waals surface area contributed by atoms with Crippen molar-refractivity contribution in [3.8, 4) is 5.75 Å². The summed E-state index contributed by atoms with van der Waals surface area (Å²) in [5, 5.41) is 55.2. The Balaban J connectivity index is 1.06. The van der Waals surface area contributed by atoms with Gasteiger partial charge in [0.25, 0.3) is 0 Å². The third-order valence-corrected chi connectivity index (χ3v) is 24.5. The van der Waals surface area contributed by atoms with E-state index in [4.69, 9.17) is 17.2 Å². The molecular weight excluding hydrogens is 1670 g/mol. The Hall–Kier alpha value is -12.5. The molecule has 4 aliphatic rings. The number of aliphatic carboxylic acids is 2. The number of aromatic nitrogens is 2. The number of nitrogens with zero attached hydrogens (tertiary/aromatic N) is 5. The minimum absolute atomic E-state index is 0.0282. The molecule has 0 spiro atoms. The smallest absolute Gasteiger partial charge is 0.305 e. The number of thioether (sulfide) groups is 1. The van der Waals surface area contributed by atoms with Crippen molar-refractivity contribution in [3.63, 3.8) is 0 Å². The summed E-state index contributed by atoms with van der Waals surface area (Å²) >= 11 is 0.787. The number of benzene rings is 3. The van der Waals surface area contributed by atoms with Gasteiger partial charge in [-0.1, -0.05) is 88.1 Å². The van der Waals surface area contributed by atoms with Crippen molar-refractivity contribution in [1.82, 2.24) is 82.3 Å². The highest BCUT2D eigenvalue weighted by Gasteiger charge is 2.47. The number of hydrogen-bond donors (Lipinski definition) is 17. The molecular formula is C86H117N19O21S. The molecule has 5 aromatic rings. The number of nitrogens with two attached hydrogens (primary N) is 3. The summed E-state index contributed by atoms with van der Waals surface area (Å²) in [6.45, 7) is 3.06. The van der Waals surface area contributed by atoms with Crippen LogP contribution in [0.4, 0.5) is 0 Å². The van der Waals surface area contributed by atoms with Crippen molar-refractivity contribution >= 4 is 140 Å². The van der Waals surface area contributed by atoms with Crippen LogP contribution in [0.5, 0.6) is 5.75 Å². The zero-order valence-electron chi connectivity index (χ0n) is 71.8. The van der Waals surface area contributed by atoms with Crippen molar-refractivity contribution in [2.24, 2.45) is 23.1 Å². The average Bonchev–Trinajstić information content (AvgIpc) is 1.71. The first-order valence-electron chi connectivity index (χ1n) is 42.9. The van der Waals surface area contributed by atoms with Crippen LogP contribution >= 0.6 is 11.8 Å². The number of phenols is 1. The number of fused-ring (bicyclic) bond motifs is 5. The number of likely N-dealkylation sites (N-methyl/N-ethyl adjacent to an activating group) is 2. The topological polar surface area (TPSA) is 602 Å². The third kappa shape index (κ3) is 26.3. The first kappa shape index (κ1) is 98.3. The van der Waals surface area contributed by atoms with E-state index in [1.54, 1.807) is 48.8 Å². The van der Waals surface area contributed by atoms with Crippen LogP contribution in [0.3, 0.4) is 0 Å². The van der Waals surface area contributed by atoms with Gasteiger partial charge in [-0.15, -0.1) is 11.8 Å². The molecule has 0 bridgehead atoms. The Bertz CT molecular complexity index is 4850. The summed E-state index contributed by atoms with van der Waals surface area (Å²) in [6, 6.07) is 0.0984. The van der Waals surface area contributed by atoms with Crippen molar-refractivity contribution < 1.29 is 102 Å². The lowest BCUT2D eigenvalue weighted by molar-refractivity contribution is -0.149. The number of ketones is 1. The summed E-state index contributed by atoms with van der Waals surface area (Å²) in [5.74, 6) is -19.9. The fraction of sp³-hybridized carbons (Fsp3) is 0.535. The molecule has 20 N–H and O–H groups in total. The molecule has 0 radical (unpaired) electrons. The van der Waals surface area contributed by atoms with Gasteiger partial charge in [0, 0.05) is 112 Å². The van der Waals surface area contributed by atoms with E-state index in [1.807, 2.05) is 26.0 Å². The van der Waals surface area contributed by atoms with Crippen LogP contribution in [-0.4, -0.2) is 300 Å². The predicted molar refractivity (Wildman–Crippen MR) is 463 cm³/mol. The molecule has 0 unspecified atom stereocenters. The van der Waals surface area contributed by atoms with Gasteiger partial charge in [-0.3, -0.25) is 86.3 Å². The van der Waals surface area contributed by atoms with Gasteiger partial charge >= 0.3 is 11.9 Å². The van der Waals surface area contributed by atoms with Crippen molar-refractivity contribution in [3.05, 3.63) is 102 Å². The number of Topliss-reactive ketones (excluding diaryl/α,β-unsaturated/α-hetero) is 1. The number of carboxylic acid groups (broad SMARTS) is 2. The molecule has 41 heteroatoms. The molecule has 40 nitrogen and oxygen atoms in total. The minimum atomic E-state index is -1.93. The number of carboxylic acids is 2. The summed E-state index contributed by atoms with van der Waals surface area (Å²) < 4.78 is 0. The Morgan fingerprint density at radius 3 is 1.47 bits per heavy atom. The number of carbonyl (C=O) groups is 18. The Labute approximate surface area is 737 Å². The molecule has 15 amide bonds. The number of aromatic amines is 2. The van der Waals surface area contributed by atoms with Crippen LogP contribution in [0.2, 0.25) is 0 Å². The van der Waals surface area contributed by atoms with Gasteiger partial charge in [-0.2, -0.15) is 0 Å². The van der Waals surface area contributed by atoms with Crippen LogP contribution in [-0.2, 0) is 106 Å². The maximum absolute atomic E-state index is 15.7. The highest BCUT2D eigenvalue weighted by atomic mass is 32.2. The quantitative estimate of drug-likeness (QED) is 0.0374. The number of aromatic hydroxyl groups is 1. The van der Waals surface area contributed by atoms with E-state index < -0.39 is 235 Å². The van der Waals surface area contributed by atoms with Crippen molar-refractivity contribution in [1.29, 1.82) is 0 Å². The van der Waals surface area contributed by atoms with Crippen LogP contribution < -0.4 is 65.1 Å². The van der Waals surface area contributed by atoms with Gasteiger partial charge < -0.3 is 115 Å². The molecule has 2 aromatic heterocycles. The van der Waals surface area contributed by atoms with Crippen LogP contribution in [0.25, 0.3) is 21.8 Å². The van der Waals surface area contributed by atoms with E-state index >= 15 is 24.0 Å². The summed E-state index contributed by atoms with van der Waals surface area (Å²) in [7, 11) is 2.76. The second-order valence-corrected chi connectivity index (χ2v) is 33.6. The number of hydrogen-bond acceptors (Lipinski definition) is 22. The number of rotatable bonds is 22. The molecule has 4 aliphatic heterocycles. The molecule has 0 saturated carbocycles. The molecule has 3 aromatic carbocycles. The lowest BCUT2D eigenvalue weighted by atomic mass is 9.91. The average molecular weight is 1790 g/mol. The standard InChI is InChI=1S/C86H117N19O21S/c1-6-8-21-64-78(118)93-47(3)74(114)100-63(76(116)92-44-70(89)108)45-127-46-71(109)94-58(35-48-26-28-52(106)29-27-48)83(123)103-32-15-24-66(103)80(120)98-61(40-73(112)113)85(125)105-34-16-25-67(105)81(121)99-62(41-88)77(117)97-60(39-72(110)111)84(124)104-33-14-23-65(104)79(119)95-57(36-50-42-90-55-19-12-10-17-53(50)55)69(107)38-49(30-31-87)75(115)96-59(37-51-43-91-56-20-13-11-18-54(51)56)82(122)102(5)68(22-9-7-2)86(126)101(64)4/h10-13,17-20,26-29,42-43,47,49,57-68,90-91,106H,6-9,14-16,21-25,30-41,44-46,87-88H2,1-5H3,(H2,89,108)(H,92,116)(H,93,118)(H,94,109)(H,95,119)(H,96,115)(H,97,117)(H,98,120)(H,99,121)(H,100,114)(H,110,111)(H,112,113)/t47-,49+,57-,58-,59-,60-,61-,62-,63-,64-,65-,66-,67-,68-/m0/s1. The normalized spacial score (nSPS) is 25.5. The highest BCUT2D eigenvalue weighted by Crippen LogP contribution is 2.29. The Kier molecular flexibility index (Phi) is 36.1. The summed E-state index contributed by atoms with van der Waals surface area (Å²) in [6.07, 6.45) is 2.12. The zero-order valence-corrected chi connectivity index (χ0v) is 72.6. The summed E-state index contributed by atoms with van der Waals surface area (Å²) in [5.41, 5.74) is 20.6. The fourth-order valence-corrected chi connectivity index (χ4v) is 17.4. The highest BCUT2D eigenvalue weighted by molar-refractivity contribution is 8.00. The second-order valence-electron chi connectivity index (χ2n) is 32.6. The van der Waals surface area contributed by atoms with Gasteiger partial charge in [0.1, 0.15) is 78.3 Å². The Morgan fingerprint density at radius 2 is 0.969 bits per heavy atom. The Morgan fingerprint density at radius 1 is 0.504 bits per heavy atom. The fourth-order valence-electron chi connectivity index (χ4n) is 16.5. The first-order chi connectivity index (χ1) is 60.6. The van der Waals surface area contributed by atoms with Gasteiger partial charge in [-0.25, -0.2) is 0 Å². The van der Waals surface area contributed by atoms with E-state index in [9.17, 15) is 77.6 Å². The molecule has 127 heavy (non-hydrogen) atoms. The third-order valence-electron chi connectivity index (χ3n) is 23.5. The number of phenolic OH excluding ortho intramolecular Hbond substituents is 1. The van der Waals surface area contributed by atoms with Crippen LogP contribution in [0.15, 0.2) is 85.2 Å². The molecule has 0 aliphatic carbocycles. The van der Waals surface area contributed by atoms with Gasteiger partial charge in [-0.05, 0) is 112 Å². The number of amides is 15. The molecule has 6 heterocycles. The van der Waals surface area contributed by atoms with Crippen molar-refractivity contribution in [2.45, 2.75) is 221 Å². The number of H-pyrrole nitrogens is 2. The molecule has 4 saturated heterocycles. The number of para-hydroxylation sites is 2. The van der Waals surface area contributed by atoms with E-state index in [0.717, 1.165) is 26.5 Å². The number of carbonyl (C=O) groups excluding carboxylic acids is 16. The van der Waals surface area contributed by atoms with E-state index in [1.165, 1.54) is 55.1 Å². The van der Waals surface area contributed by atoms with Gasteiger partial charge in [0.2, 0.25) is 88.6 Å². The van der Waals surface area contributed by atoms with Crippen LogP contribution in [0, 0.1) is 5.92 Å². The van der Waals surface area contributed by atoms with Crippen LogP contribution in [0.1, 0.15) is 140 Å². The summed E-state index contributed by atoms with van der Waals surface area (Å²) in [4.78, 5) is 271. The monoisotopic (exact) mass is 1780 g/mol. The molecule has 688 valence electrons. The maximum Gasteiger partial charge on any atom is 0.305 e. The van der Waals surface area contributed by atoms with Gasteiger partial charge in [0.15, 0.2) is 5.78 Å².